The summed E-state index contributed by atoms with van der Waals surface area (Å²) in [5.41, 5.74) is 1.01. The Morgan fingerprint density at radius 2 is 2.13 bits per heavy atom. The number of Topliss-reactive ketones (excluding diaryl/α,β-unsaturated/α-hetero) is 1. The number of rotatable bonds is 3. The van der Waals surface area contributed by atoms with Crippen molar-refractivity contribution in [2.24, 2.45) is 0 Å². The van der Waals surface area contributed by atoms with Gasteiger partial charge in [-0.05, 0) is 31.4 Å². The molecule has 0 amide bonds. The molecule has 15 heavy (non-hydrogen) atoms. The molecule has 0 saturated carbocycles. The first kappa shape index (κ1) is 10.1. The molecule has 1 aromatic heterocycles. The third-order valence-electron chi connectivity index (χ3n) is 2.69. The molecule has 1 aliphatic heterocycles. The van der Waals surface area contributed by atoms with Gasteiger partial charge in [-0.2, -0.15) is 0 Å². The average molecular weight is 204 g/mol. The van der Waals surface area contributed by atoms with E-state index >= 15 is 0 Å². The number of carbonyl (C=O) groups is 1. The van der Waals surface area contributed by atoms with Gasteiger partial charge in [0.15, 0.2) is 0 Å². The highest BCUT2D eigenvalue weighted by molar-refractivity contribution is 5.78. The minimum absolute atomic E-state index is 0.186. The van der Waals surface area contributed by atoms with E-state index < -0.39 is 0 Å². The van der Waals surface area contributed by atoms with Crippen molar-refractivity contribution in [1.82, 2.24) is 4.98 Å². The number of hydrogen-bond donors (Lipinski definition) is 0. The molecule has 0 radical (unpaired) electrons. The van der Waals surface area contributed by atoms with Crippen LogP contribution in [0.1, 0.15) is 25.3 Å². The number of ketones is 1. The molecule has 3 heteroatoms. The standard InChI is InChI=1S/C12H16N2O/c1-10(15)8-11-4-5-12(13-9-11)14-6-2-3-7-14/h4-5,9H,2-3,6-8H2,1H3. The van der Waals surface area contributed by atoms with Gasteiger partial charge in [-0.15, -0.1) is 0 Å². The highest BCUT2D eigenvalue weighted by Gasteiger charge is 2.12. The van der Waals surface area contributed by atoms with Gasteiger partial charge in [0.2, 0.25) is 0 Å². The monoisotopic (exact) mass is 204 g/mol. The molecule has 3 nitrogen and oxygen atoms in total. The quantitative estimate of drug-likeness (QED) is 0.753. The molecule has 0 atom stereocenters. The summed E-state index contributed by atoms with van der Waals surface area (Å²) in [6.45, 7) is 3.83. The SMILES string of the molecule is CC(=O)Cc1ccc(N2CCCC2)nc1. The lowest BCUT2D eigenvalue weighted by Gasteiger charge is -2.15. The fraction of sp³-hybridized carbons (Fsp3) is 0.500. The van der Waals surface area contributed by atoms with Crippen molar-refractivity contribution in [3.8, 4) is 0 Å². The zero-order valence-electron chi connectivity index (χ0n) is 9.07. The van der Waals surface area contributed by atoms with E-state index in [2.05, 4.69) is 9.88 Å². The summed E-state index contributed by atoms with van der Waals surface area (Å²) < 4.78 is 0. The van der Waals surface area contributed by atoms with E-state index in [-0.39, 0.29) is 5.78 Å². The maximum Gasteiger partial charge on any atom is 0.134 e. The zero-order valence-corrected chi connectivity index (χ0v) is 9.07. The summed E-state index contributed by atoms with van der Waals surface area (Å²) in [7, 11) is 0. The number of carbonyl (C=O) groups excluding carboxylic acids is 1. The molecule has 1 aliphatic rings. The van der Waals surface area contributed by atoms with Gasteiger partial charge in [-0.3, -0.25) is 4.79 Å². The van der Waals surface area contributed by atoms with Crippen LogP contribution in [0.5, 0.6) is 0 Å². The Morgan fingerprint density at radius 1 is 1.40 bits per heavy atom. The lowest BCUT2D eigenvalue weighted by atomic mass is 10.1. The van der Waals surface area contributed by atoms with Crippen molar-refractivity contribution in [1.29, 1.82) is 0 Å². The van der Waals surface area contributed by atoms with Crippen LogP contribution >= 0.6 is 0 Å². The van der Waals surface area contributed by atoms with E-state index in [1.165, 1.54) is 12.8 Å². The Labute approximate surface area is 90.1 Å². The third kappa shape index (κ3) is 2.55. The second-order valence-electron chi connectivity index (χ2n) is 4.10. The highest BCUT2D eigenvalue weighted by Crippen LogP contribution is 2.17. The van der Waals surface area contributed by atoms with Crippen LogP contribution in [0.15, 0.2) is 18.3 Å². The molecule has 0 aliphatic carbocycles. The molecule has 1 fully saturated rings. The van der Waals surface area contributed by atoms with Gasteiger partial charge in [-0.25, -0.2) is 4.98 Å². The smallest absolute Gasteiger partial charge is 0.134 e. The third-order valence-corrected chi connectivity index (χ3v) is 2.69. The van der Waals surface area contributed by atoms with Gasteiger partial charge >= 0.3 is 0 Å². The molecule has 0 unspecified atom stereocenters. The fourth-order valence-electron chi connectivity index (χ4n) is 1.94. The van der Waals surface area contributed by atoms with Gasteiger partial charge in [-0.1, -0.05) is 6.07 Å². The van der Waals surface area contributed by atoms with Crippen LogP contribution in [0.3, 0.4) is 0 Å². The summed E-state index contributed by atoms with van der Waals surface area (Å²) in [6, 6.07) is 4.02. The van der Waals surface area contributed by atoms with Crippen LogP contribution in [-0.2, 0) is 11.2 Å². The Bertz CT molecular complexity index is 339. The van der Waals surface area contributed by atoms with Crippen molar-refractivity contribution in [3.63, 3.8) is 0 Å². The molecule has 2 heterocycles. The first-order valence-corrected chi connectivity index (χ1v) is 5.45. The minimum Gasteiger partial charge on any atom is -0.357 e. The molecule has 1 saturated heterocycles. The van der Waals surface area contributed by atoms with E-state index in [0.717, 1.165) is 24.5 Å². The molecular weight excluding hydrogens is 188 g/mol. The number of hydrogen-bond acceptors (Lipinski definition) is 3. The van der Waals surface area contributed by atoms with Crippen molar-refractivity contribution in [2.45, 2.75) is 26.2 Å². The molecular formula is C12H16N2O. The van der Waals surface area contributed by atoms with E-state index in [1.54, 1.807) is 6.92 Å². The lowest BCUT2D eigenvalue weighted by molar-refractivity contribution is -0.116. The van der Waals surface area contributed by atoms with Crippen LogP contribution in [0.25, 0.3) is 0 Å². The normalized spacial score (nSPS) is 15.7. The molecule has 0 aromatic carbocycles. The summed E-state index contributed by atoms with van der Waals surface area (Å²) in [5.74, 6) is 1.23. The first-order chi connectivity index (χ1) is 7.25. The predicted octanol–water partition coefficient (Wildman–Crippen LogP) is 1.81. The van der Waals surface area contributed by atoms with Gasteiger partial charge in [0.25, 0.3) is 0 Å². The average Bonchev–Trinajstić information content (AvgIpc) is 2.71. The number of aromatic nitrogens is 1. The Balaban J connectivity index is 2.06. The van der Waals surface area contributed by atoms with Gasteiger partial charge in [0.1, 0.15) is 11.6 Å². The van der Waals surface area contributed by atoms with Crippen LogP contribution in [0.4, 0.5) is 5.82 Å². The van der Waals surface area contributed by atoms with E-state index in [9.17, 15) is 4.79 Å². The first-order valence-electron chi connectivity index (χ1n) is 5.45. The summed E-state index contributed by atoms with van der Waals surface area (Å²) in [4.78, 5) is 17.6. The van der Waals surface area contributed by atoms with Crippen LogP contribution < -0.4 is 4.90 Å². The molecule has 1 aromatic rings. The number of anilines is 1. The summed E-state index contributed by atoms with van der Waals surface area (Å²) in [5, 5.41) is 0. The van der Waals surface area contributed by atoms with E-state index in [1.807, 2.05) is 18.3 Å². The molecule has 0 bridgehead atoms. The largest absolute Gasteiger partial charge is 0.357 e. The summed E-state index contributed by atoms with van der Waals surface area (Å²) >= 11 is 0. The van der Waals surface area contributed by atoms with E-state index in [4.69, 9.17) is 0 Å². The Hall–Kier alpha value is -1.38. The van der Waals surface area contributed by atoms with Gasteiger partial charge in [0, 0.05) is 25.7 Å². The maximum absolute atomic E-state index is 10.9. The van der Waals surface area contributed by atoms with Crippen molar-refractivity contribution in [2.75, 3.05) is 18.0 Å². The predicted molar refractivity (Wildman–Crippen MR) is 60.1 cm³/mol. The second kappa shape index (κ2) is 4.43. The van der Waals surface area contributed by atoms with Crippen molar-refractivity contribution in [3.05, 3.63) is 23.9 Å². The molecule has 0 N–H and O–H groups in total. The number of pyridine rings is 1. The Kier molecular flexibility index (Phi) is 2.99. The molecule has 2 rings (SSSR count). The minimum atomic E-state index is 0.186. The van der Waals surface area contributed by atoms with Crippen LogP contribution in [-0.4, -0.2) is 23.9 Å². The van der Waals surface area contributed by atoms with Gasteiger partial charge in [0.05, 0.1) is 0 Å². The Morgan fingerprint density at radius 3 is 2.67 bits per heavy atom. The topological polar surface area (TPSA) is 33.2 Å². The highest BCUT2D eigenvalue weighted by atomic mass is 16.1. The van der Waals surface area contributed by atoms with Crippen molar-refractivity contribution < 1.29 is 4.79 Å². The fourth-order valence-corrected chi connectivity index (χ4v) is 1.94. The van der Waals surface area contributed by atoms with Gasteiger partial charge < -0.3 is 4.90 Å². The van der Waals surface area contributed by atoms with Crippen LogP contribution in [0, 0.1) is 0 Å². The lowest BCUT2D eigenvalue weighted by Crippen LogP contribution is -2.18. The van der Waals surface area contributed by atoms with E-state index in [0.29, 0.717) is 6.42 Å². The van der Waals surface area contributed by atoms with Crippen molar-refractivity contribution >= 4 is 11.6 Å². The maximum atomic E-state index is 10.9. The second-order valence-corrected chi connectivity index (χ2v) is 4.10. The summed E-state index contributed by atoms with van der Waals surface area (Å²) in [6.07, 6.45) is 4.83. The number of nitrogens with zero attached hydrogens (tertiary/aromatic N) is 2. The van der Waals surface area contributed by atoms with Crippen LogP contribution in [0.2, 0.25) is 0 Å². The molecule has 0 spiro atoms. The molecule has 80 valence electrons. The zero-order chi connectivity index (χ0) is 10.7.